The van der Waals surface area contributed by atoms with Gasteiger partial charge < -0.3 is 9.57 Å². The number of rotatable bonds is 6. The summed E-state index contributed by atoms with van der Waals surface area (Å²) >= 11 is 5.85. The van der Waals surface area contributed by atoms with Crippen molar-refractivity contribution >= 4 is 11.6 Å². The number of nitrogens with zero attached hydrogens (tertiary/aromatic N) is 2. The Morgan fingerprint density at radius 1 is 1.32 bits per heavy atom. The topological polar surface area (TPSA) is 48.3 Å². The largest absolute Gasteiger partial charge is 0.475 e. The van der Waals surface area contributed by atoms with Crippen LogP contribution in [0.4, 0.5) is 0 Å². The summed E-state index contributed by atoms with van der Waals surface area (Å²) in [6.45, 7) is 2.44. The van der Waals surface area contributed by atoms with Crippen LogP contribution in [0.1, 0.15) is 6.92 Å². The average molecular weight is 282 g/mol. The molecule has 5 nitrogen and oxygen atoms in total. The van der Waals surface area contributed by atoms with E-state index >= 15 is 0 Å². The predicted molar refractivity (Wildman–Crippen MR) is 73.7 cm³/mol. The van der Waals surface area contributed by atoms with Gasteiger partial charge in [0.1, 0.15) is 6.61 Å². The Bertz CT molecular complexity index is 513. The molecule has 0 bridgehead atoms. The van der Waals surface area contributed by atoms with Crippen molar-refractivity contribution in [2.24, 2.45) is 0 Å². The lowest BCUT2D eigenvalue weighted by Gasteiger charge is -2.11. The number of benzene rings is 1. The van der Waals surface area contributed by atoms with Gasteiger partial charge in [-0.3, -0.25) is 0 Å². The van der Waals surface area contributed by atoms with Crippen molar-refractivity contribution in [1.82, 2.24) is 15.3 Å². The van der Waals surface area contributed by atoms with Crippen molar-refractivity contribution in [3.63, 3.8) is 0 Å². The summed E-state index contributed by atoms with van der Waals surface area (Å²) in [4.78, 5) is 4.81. The third kappa shape index (κ3) is 3.96. The molecule has 0 saturated heterocycles. The zero-order valence-electron chi connectivity index (χ0n) is 10.8. The summed E-state index contributed by atoms with van der Waals surface area (Å²) in [5, 5.41) is 5.03. The van der Waals surface area contributed by atoms with Crippen LogP contribution in [0.25, 0.3) is 5.69 Å². The summed E-state index contributed by atoms with van der Waals surface area (Å²) in [7, 11) is 1.58. The number of ether oxygens (including phenoxy) is 1. The Labute approximate surface area is 117 Å². The minimum Gasteiger partial charge on any atom is -0.475 e. The SMILES string of the molecule is CONC(C)COc1ccn(-c2ccc(Cl)cc2)n1. The van der Waals surface area contributed by atoms with Crippen LogP contribution in [-0.4, -0.2) is 29.5 Å². The minimum absolute atomic E-state index is 0.0886. The van der Waals surface area contributed by atoms with Crippen LogP contribution in [0, 0.1) is 0 Å². The van der Waals surface area contributed by atoms with Gasteiger partial charge in [0.15, 0.2) is 0 Å². The molecular formula is C13H16ClN3O2. The molecule has 1 atom stereocenters. The maximum atomic E-state index is 5.85. The smallest absolute Gasteiger partial charge is 0.233 e. The number of hydrogen-bond donors (Lipinski definition) is 1. The summed E-state index contributed by atoms with van der Waals surface area (Å²) in [6.07, 6.45) is 1.84. The highest BCUT2D eigenvalue weighted by molar-refractivity contribution is 6.30. The van der Waals surface area contributed by atoms with E-state index in [4.69, 9.17) is 21.2 Å². The summed E-state index contributed by atoms with van der Waals surface area (Å²) < 4.78 is 7.28. The molecule has 0 radical (unpaired) electrons. The molecule has 0 saturated carbocycles. The van der Waals surface area contributed by atoms with Crippen LogP contribution in [0.15, 0.2) is 36.5 Å². The standard InChI is InChI=1S/C13H16ClN3O2/c1-10(16-18-2)9-19-13-7-8-17(15-13)12-5-3-11(14)4-6-12/h3-8,10,16H,9H2,1-2H3. The van der Waals surface area contributed by atoms with Crippen LogP contribution in [0.3, 0.4) is 0 Å². The van der Waals surface area contributed by atoms with Gasteiger partial charge in [-0.2, -0.15) is 5.48 Å². The lowest BCUT2D eigenvalue weighted by atomic mass is 10.3. The van der Waals surface area contributed by atoms with E-state index in [0.29, 0.717) is 17.5 Å². The van der Waals surface area contributed by atoms with Crippen molar-refractivity contribution in [3.05, 3.63) is 41.6 Å². The molecule has 1 unspecified atom stereocenters. The number of hydrogen-bond acceptors (Lipinski definition) is 4. The molecule has 6 heteroatoms. The van der Waals surface area contributed by atoms with E-state index in [1.807, 2.05) is 43.5 Å². The Hall–Kier alpha value is -1.56. The van der Waals surface area contributed by atoms with Gasteiger partial charge in [-0.1, -0.05) is 11.6 Å². The fourth-order valence-corrected chi connectivity index (χ4v) is 1.69. The summed E-state index contributed by atoms with van der Waals surface area (Å²) in [5.41, 5.74) is 3.72. The molecule has 2 aromatic rings. The molecule has 0 fully saturated rings. The molecule has 102 valence electrons. The summed E-state index contributed by atoms with van der Waals surface area (Å²) in [5.74, 6) is 0.569. The lowest BCUT2D eigenvalue weighted by Crippen LogP contribution is -2.30. The van der Waals surface area contributed by atoms with Gasteiger partial charge >= 0.3 is 0 Å². The second kappa shape index (κ2) is 6.56. The normalized spacial score (nSPS) is 12.4. The third-order valence-corrected chi connectivity index (χ3v) is 2.71. The van der Waals surface area contributed by atoms with Crippen molar-refractivity contribution < 1.29 is 9.57 Å². The second-order valence-corrected chi connectivity index (χ2v) is 4.55. The van der Waals surface area contributed by atoms with Gasteiger partial charge in [-0.05, 0) is 31.2 Å². The number of halogens is 1. The maximum Gasteiger partial charge on any atom is 0.233 e. The van der Waals surface area contributed by atoms with Gasteiger partial charge in [0.2, 0.25) is 5.88 Å². The maximum absolute atomic E-state index is 5.85. The fourth-order valence-electron chi connectivity index (χ4n) is 1.57. The van der Waals surface area contributed by atoms with Crippen molar-refractivity contribution in [2.75, 3.05) is 13.7 Å². The third-order valence-electron chi connectivity index (χ3n) is 2.46. The Morgan fingerprint density at radius 3 is 2.74 bits per heavy atom. The fraction of sp³-hybridized carbons (Fsp3) is 0.308. The van der Waals surface area contributed by atoms with E-state index in [2.05, 4.69) is 10.6 Å². The Morgan fingerprint density at radius 2 is 2.05 bits per heavy atom. The van der Waals surface area contributed by atoms with Gasteiger partial charge in [0.25, 0.3) is 0 Å². The second-order valence-electron chi connectivity index (χ2n) is 4.11. The zero-order chi connectivity index (χ0) is 13.7. The molecule has 1 heterocycles. The first-order valence-electron chi connectivity index (χ1n) is 5.92. The molecule has 1 N–H and O–H groups in total. The molecule has 0 aliphatic rings. The van der Waals surface area contributed by atoms with E-state index in [-0.39, 0.29) is 6.04 Å². The van der Waals surface area contributed by atoms with Crippen molar-refractivity contribution in [3.8, 4) is 11.6 Å². The highest BCUT2D eigenvalue weighted by Gasteiger charge is 2.05. The van der Waals surface area contributed by atoms with E-state index in [1.165, 1.54) is 0 Å². The molecule has 0 aliphatic heterocycles. The van der Waals surface area contributed by atoms with Crippen LogP contribution in [-0.2, 0) is 4.84 Å². The Kier molecular flexibility index (Phi) is 4.79. The first-order chi connectivity index (χ1) is 9.19. The molecule has 0 aliphatic carbocycles. The summed E-state index contributed by atoms with van der Waals surface area (Å²) in [6, 6.07) is 9.34. The van der Waals surface area contributed by atoms with Gasteiger partial charge in [0.05, 0.1) is 18.8 Å². The monoisotopic (exact) mass is 281 g/mol. The van der Waals surface area contributed by atoms with Crippen molar-refractivity contribution in [1.29, 1.82) is 0 Å². The van der Waals surface area contributed by atoms with E-state index in [1.54, 1.807) is 11.8 Å². The first kappa shape index (κ1) is 13.9. The molecule has 2 rings (SSSR count). The number of hydroxylamine groups is 1. The number of nitrogens with one attached hydrogen (secondary N) is 1. The molecule has 19 heavy (non-hydrogen) atoms. The molecule has 0 amide bonds. The minimum atomic E-state index is 0.0886. The first-order valence-corrected chi connectivity index (χ1v) is 6.30. The average Bonchev–Trinajstić information content (AvgIpc) is 2.86. The molecule has 1 aromatic heterocycles. The van der Waals surface area contributed by atoms with E-state index in [9.17, 15) is 0 Å². The van der Waals surface area contributed by atoms with Crippen LogP contribution < -0.4 is 10.2 Å². The molecular weight excluding hydrogens is 266 g/mol. The quantitative estimate of drug-likeness (QED) is 0.826. The van der Waals surface area contributed by atoms with Crippen LogP contribution in [0.2, 0.25) is 5.02 Å². The highest BCUT2D eigenvalue weighted by atomic mass is 35.5. The highest BCUT2D eigenvalue weighted by Crippen LogP contribution is 2.15. The predicted octanol–water partition coefficient (Wildman–Crippen LogP) is 2.44. The van der Waals surface area contributed by atoms with Crippen LogP contribution >= 0.6 is 11.6 Å². The van der Waals surface area contributed by atoms with E-state index in [0.717, 1.165) is 5.69 Å². The Balaban J connectivity index is 1.97. The molecule has 0 spiro atoms. The van der Waals surface area contributed by atoms with Crippen molar-refractivity contribution in [2.45, 2.75) is 13.0 Å². The van der Waals surface area contributed by atoms with Gasteiger partial charge in [-0.15, -0.1) is 5.10 Å². The van der Waals surface area contributed by atoms with Crippen LogP contribution in [0.5, 0.6) is 5.88 Å². The lowest BCUT2D eigenvalue weighted by molar-refractivity contribution is 0.0495. The van der Waals surface area contributed by atoms with Gasteiger partial charge in [0, 0.05) is 17.3 Å². The van der Waals surface area contributed by atoms with E-state index < -0.39 is 0 Å². The zero-order valence-corrected chi connectivity index (χ0v) is 11.6. The molecule has 1 aromatic carbocycles. The number of aromatic nitrogens is 2. The van der Waals surface area contributed by atoms with Gasteiger partial charge in [-0.25, -0.2) is 4.68 Å².